The summed E-state index contributed by atoms with van der Waals surface area (Å²) < 4.78 is 37.7. The van der Waals surface area contributed by atoms with Crippen LogP contribution < -0.4 is 5.32 Å². The molecule has 0 radical (unpaired) electrons. The maximum absolute atomic E-state index is 13.3. The van der Waals surface area contributed by atoms with E-state index in [1.54, 1.807) is 0 Å². The van der Waals surface area contributed by atoms with E-state index >= 15 is 0 Å². The third-order valence-electron chi connectivity index (χ3n) is 2.09. The number of rotatable bonds is 5. The molecule has 0 saturated heterocycles. The van der Waals surface area contributed by atoms with E-state index in [0.717, 1.165) is 18.7 Å². The van der Waals surface area contributed by atoms with E-state index in [0.29, 0.717) is 5.75 Å². The molecule has 2 atom stereocenters. The molecule has 1 aromatic carbocycles. The monoisotopic (exact) mass is 247 g/mol. The fourth-order valence-corrected chi connectivity index (χ4v) is 2.63. The summed E-state index contributed by atoms with van der Waals surface area (Å²) in [6.07, 6.45) is 0. The molecule has 0 aliphatic rings. The van der Waals surface area contributed by atoms with Gasteiger partial charge < -0.3 is 5.32 Å². The van der Waals surface area contributed by atoms with Crippen molar-refractivity contribution in [1.29, 1.82) is 0 Å². The van der Waals surface area contributed by atoms with Crippen LogP contribution in [0.25, 0.3) is 0 Å². The zero-order valence-electron chi connectivity index (χ0n) is 9.30. The summed E-state index contributed by atoms with van der Waals surface area (Å²) in [5.74, 6) is -1.09. The van der Waals surface area contributed by atoms with E-state index in [1.807, 2.05) is 13.8 Å². The molecular weight excluding hydrogens is 232 g/mol. The Hall–Kier alpha value is -0.810. The Balaban J connectivity index is 2.73. The minimum Gasteiger partial charge on any atom is -0.314 e. The first-order valence-electron chi connectivity index (χ1n) is 5.11. The Morgan fingerprint density at radius 3 is 2.69 bits per heavy atom. The number of halogens is 2. The summed E-state index contributed by atoms with van der Waals surface area (Å²) in [4.78, 5) is 0.0613. The van der Waals surface area contributed by atoms with Crippen molar-refractivity contribution in [3.8, 4) is 0 Å². The average molecular weight is 247 g/mol. The van der Waals surface area contributed by atoms with Crippen LogP contribution in [-0.4, -0.2) is 22.5 Å². The van der Waals surface area contributed by atoms with E-state index in [2.05, 4.69) is 5.32 Å². The van der Waals surface area contributed by atoms with Crippen molar-refractivity contribution < 1.29 is 13.0 Å². The van der Waals surface area contributed by atoms with E-state index in [9.17, 15) is 13.0 Å². The molecular formula is C11H15F2NOS. The van der Waals surface area contributed by atoms with Gasteiger partial charge in [-0.05, 0) is 25.6 Å². The number of nitrogens with one attached hydrogen (secondary N) is 1. The molecule has 0 heterocycles. The summed E-state index contributed by atoms with van der Waals surface area (Å²) in [6.45, 7) is 4.59. The lowest BCUT2D eigenvalue weighted by Crippen LogP contribution is -2.31. The molecule has 0 amide bonds. The van der Waals surface area contributed by atoms with Crippen molar-refractivity contribution in [3.63, 3.8) is 0 Å². The summed E-state index contributed by atoms with van der Waals surface area (Å²) in [5.41, 5.74) is 0. The smallest absolute Gasteiger partial charge is 0.142 e. The van der Waals surface area contributed by atoms with Crippen LogP contribution in [0.15, 0.2) is 23.1 Å². The average Bonchev–Trinajstić information content (AvgIpc) is 2.17. The van der Waals surface area contributed by atoms with E-state index in [-0.39, 0.29) is 10.9 Å². The molecule has 2 nitrogen and oxygen atoms in total. The summed E-state index contributed by atoms with van der Waals surface area (Å²) in [6, 6.07) is 3.15. The Labute approximate surface area is 96.5 Å². The van der Waals surface area contributed by atoms with Crippen molar-refractivity contribution in [2.45, 2.75) is 24.8 Å². The lowest BCUT2D eigenvalue weighted by molar-refractivity contribution is 0.560. The van der Waals surface area contributed by atoms with Crippen LogP contribution in [0.5, 0.6) is 0 Å². The van der Waals surface area contributed by atoms with Crippen molar-refractivity contribution in [1.82, 2.24) is 5.32 Å². The number of benzene rings is 1. The molecule has 0 spiro atoms. The molecule has 5 heteroatoms. The zero-order chi connectivity index (χ0) is 12.1. The SMILES string of the molecule is CCNC(C)CS(=O)c1ccc(F)cc1F. The van der Waals surface area contributed by atoms with Crippen molar-refractivity contribution >= 4 is 10.8 Å². The quantitative estimate of drug-likeness (QED) is 0.863. The molecule has 16 heavy (non-hydrogen) atoms. The Bertz CT molecular complexity index is 384. The topological polar surface area (TPSA) is 29.1 Å². The first-order valence-corrected chi connectivity index (χ1v) is 6.43. The van der Waals surface area contributed by atoms with Crippen molar-refractivity contribution in [2.24, 2.45) is 0 Å². The van der Waals surface area contributed by atoms with Gasteiger partial charge in [-0.25, -0.2) is 8.78 Å². The van der Waals surface area contributed by atoms with Gasteiger partial charge in [0.1, 0.15) is 11.6 Å². The summed E-state index contributed by atoms with van der Waals surface area (Å²) in [7, 11) is -1.44. The van der Waals surface area contributed by atoms with Crippen LogP contribution in [0.2, 0.25) is 0 Å². The van der Waals surface area contributed by atoms with Gasteiger partial charge in [0.2, 0.25) is 0 Å². The first kappa shape index (κ1) is 13.3. The van der Waals surface area contributed by atoms with Crippen LogP contribution in [-0.2, 0) is 10.8 Å². The highest BCUT2D eigenvalue weighted by Crippen LogP contribution is 2.14. The van der Waals surface area contributed by atoms with Gasteiger partial charge >= 0.3 is 0 Å². The van der Waals surface area contributed by atoms with Gasteiger partial charge in [0.15, 0.2) is 0 Å². The molecule has 1 N–H and O–H groups in total. The molecule has 2 unspecified atom stereocenters. The molecule has 0 saturated carbocycles. The van der Waals surface area contributed by atoms with E-state index in [4.69, 9.17) is 0 Å². The van der Waals surface area contributed by atoms with Crippen LogP contribution >= 0.6 is 0 Å². The van der Waals surface area contributed by atoms with Gasteiger partial charge in [-0.15, -0.1) is 0 Å². The van der Waals surface area contributed by atoms with Crippen LogP contribution in [0.1, 0.15) is 13.8 Å². The zero-order valence-corrected chi connectivity index (χ0v) is 10.1. The highest BCUT2D eigenvalue weighted by molar-refractivity contribution is 7.85. The second-order valence-corrected chi connectivity index (χ2v) is 5.01. The number of hydrogen-bond donors (Lipinski definition) is 1. The molecule has 1 rings (SSSR count). The summed E-state index contributed by atoms with van der Waals surface area (Å²) >= 11 is 0. The molecule has 0 fully saturated rings. The van der Waals surface area contributed by atoms with Gasteiger partial charge in [-0.1, -0.05) is 6.92 Å². The van der Waals surface area contributed by atoms with Gasteiger partial charge in [0.25, 0.3) is 0 Å². The highest BCUT2D eigenvalue weighted by atomic mass is 32.2. The minimum absolute atomic E-state index is 0.0373. The molecule has 0 aromatic heterocycles. The van der Waals surface area contributed by atoms with Gasteiger partial charge in [0, 0.05) is 17.9 Å². The normalized spacial score (nSPS) is 14.8. The minimum atomic E-state index is -1.44. The van der Waals surface area contributed by atoms with E-state index in [1.165, 1.54) is 6.07 Å². The van der Waals surface area contributed by atoms with E-state index < -0.39 is 22.4 Å². The van der Waals surface area contributed by atoms with Crippen molar-refractivity contribution in [3.05, 3.63) is 29.8 Å². The molecule has 0 bridgehead atoms. The van der Waals surface area contributed by atoms with Crippen LogP contribution in [0, 0.1) is 11.6 Å². The first-order chi connectivity index (χ1) is 7.54. The lowest BCUT2D eigenvalue weighted by Gasteiger charge is -2.11. The predicted molar refractivity (Wildman–Crippen MR) is 60.8 cm³/mol. The lowest BCUT2D eigenvalue weighted by atomic mass is 10.3. The molecule has 0 aliphatic heterocycles. The fourth-order valence-electron chi connectivity index (χ4n) is 1.38. The predicted octanol–water partition coefficient (Wildman–Crippen LogP) is 2.07. The largest absolute Gasteiger partial charge is 0.314 e. The van der Waals surface area contributed by atoms with Crippen LogP contribution in [0.4, 0.5) is 8.78 Å². The maximum atomic E-state index is 13.3. The standard InChI is InChI=1S/C11H15F2NOS/c1-3-14-8(2)7-16(15)11-5-4-9(12)6-10(11)13/h4-6,8,14H,3,7H2,1-2H3. The highest BCUT2D eigenvalue weighted by Gasteiger charge is 2.13. The third-order valence-corrected chi connectivity index (χ3v) is 3.72. The summed E-state index contributed by atoms with van der Waals surface area (Å²) in [5, 5.41) is 3.09. The number of hydrogen-bond acceptors (Lipinski definition) is 2. The Kier molecular flexibility index (Phi) is 5.02. The second-order valence-electron chi connectivity index (χ2n) is 3.55. The van der Waals surface area contributed by atoms with Crippen LogP contribution in [0.3, 0.4) is 0 Å². The Morgan fingerprint density at radius 2 is 2.12 bits per heavy atom. The van der Waals surface area contributed by atoms with Gasteiger partial charge in [-0.3, -0.25) is 4.21 Å². The van der Waals surface area contributed by atoms with Crippen molar-refractivity contribution in [2.75, 3.05) is 12.3 Å². The molecule has 0 aliphatic carbocycles. The fraction of sp³-hybridized carbons (Fsp3) is 0.455. The molecule has 90 valence electrons. The van der Waals surface area contributed by atoms with Gasteiger partial charge in [0.05, 0.1) is 15.7 Å². The maximum Gasteiger partial charge on any atom is 0.142 e. The Morgan fingerprint density at radius 1 is 1.44 bits per heavy atom. The van der Waals surface area contributed by atoms with Gasteiger partial charge in [-0.2, -0.15) is 0 Å². The molecule has 1 aromatic rings. The third kappa shape index (κ3) is 3.64. The second kappa shape index (κ2) is 6.06.